The highest BCUT2D eigenvalue weighted by Gasteiger charge is 2.77. The second kappa shape index (κ2) is 4.63. The van der Waals surface area contributed by atoms with Gasteiger partial charge in [-0.3, -0.25) is 4.79 Å². The number of hydrogen-bond donors (Lipinski definition) is 2. The number of rotatable bonds is 6. The summed E-state index contributed by atoms with van der Waals surface area (Å²) in [7, 11) is 0. The molecule has 0 bridgehead atoms. The largest absolute Gasteiger partial charge is 0.453 e. The van der Waals surface area contributed by atoms with Gasteiger partial charge in [-0.2, -0.15) is 0 Å². The van der Waals surface area contributed by atoms with Gasteiger partial charge in [0.15, 0.2) is 5.60 Å². The van der Waals surface area contributed by atoms with Gasteiger partial charge in [0, 0.05) is 0 Å². The van der Waals surface area contributed by atoms with Crippen molar-refractivity contribution in [3.8, 4) is 0 Å². The van der Waals surface area contributed by atoms with Crippen LogP contribution >= 0.6 is 0 Å². The number of carbonyl (C=O) groups is 2. The topological polar surface area (TPSA) is 75.6 Å². The number of nitrogens with one attached hydrogen (secondary N) is 1. The number of hydrogen-bond acceptors (Lipinski definition) is 4. The zero-order valence-corrected chi connectivity index (χ0v) is 11.4. The molecule has 106 valence electrons. The van der Waals surface area contributed by atoms with E-state index in [1.54, 1.807) is 13.8 Å². The fourth-order valence-corrected chi connectivity index (χ4v) is 3.06. The number of allylic oxidation sites excluding steroid dienone is 1. The molecule has 0 aliphatic carbocycles. The van der Waals surface area contributed by atoms with Crippen molar-refractivity contribution in [3.05, 3.63) is 12.7 Å². The molecule has 0 saturated carbocycles. The molecule has 0 radical (unpaired) electrons. The Hall–Kier alpha value is -1.36. The van der Waals surface area contributed by atoms with Crippen molar-refractivity contribution in [1.82, 2.24) is 5.32 Å². The summed E-state index contributed by atoms with van der Waals surface area (Å²) >= 11 is 0. The molecule has 2 rings (SSSR count). The molecule has 4 atom stereocenters. The standard InChI is InChI=1S/C14H21NO4/c1-4-5-6-7-8-10(16)14-12(18)19-13(14,3)9(2)11(17)15-14/h4,9-10,16H,1,5-8H2,2-3H3,(H,15,17)/t9-,10-,13-,14-/m0/s1. The fourth-order valence-electron chi connectivity index (χ4n) is 3.06. The van der Waals surface area contributed by atoms with Gasteiger partial charge >= 0.3 is 5.97 Å². The van der Waals surface area contributed by atoms with Crippen molar-refractivity contribution in [3.63, 3.8) is 0 Å². The summed E-state index contributed by atoms with van der Waals surface area (Å²) in [5.74, 6) is -1.20. The van der Waals surface area contributed by atoms with Gasteiger partial charge in [-0.15, -0.1) is 6.58 Å². The van der Waals surface area contributed by atoms with E-state index in [1.807, 2.05) is 6.08 Å². The average molecular weight is 267 g/mol. The molecule has 2 N–H and O–H groups in total. The van der Waals surface area contributed by atoms with Crippen molar-refractivity contribution >= 4 is 11.9 Å². The van der Waals surface area contributed by atoms with Gasteiger partial charge in [0.25, 0.3) is 0 Å². The van der Waals surface area contributed by atoms with Crippen molar-refractivity contribution in [2.45, 2.75) is 56.8 Å². The van der Waals surface area contributed by atoms with Crippen LogP contribution in [0.15, 0.2) is 12.7 Å². The van der Waals surface area contributed by atoms with E-state index in [-0.39, 0.29) is 5.91 Å². The molecule has 2 heterocycles. The number of esters is 1. The molecule has 1 amide bonds. The van der Waals surface area contributed by atoms with E-state index in [0.717, 1.165) is 19.3 Å². The average Bonchev–Trinajstić information content (AvgIpc) is 2.53. The van der Waals surface area contributed by atoms with E-state index in [9.17, 15) is 14.7 Å². The van der Waals surface area contributed by atoms with Gasteiger partial charge in [-0.25, -0.2) is 4.79 Å². The van der Waals surface area contributed by atoms with Crippen molar-refractivity contribution in [1.29, 1.82) is 0 Å². The number of ether oxygens (including phenoxy) is 1. The monoisotopic (exact) mass is 267 g/mol. The van der Waals surface area contributed by atoms with Crippen LogP contribution in [0.5, 0.6) is 0 Å². The molecule has 0 aromatic carbocycles. The zero-order valence-electron chi connectivity index (χ0n) is 11.4. The molecular weight excluding hydrogens is 246 g/mol. The second-order valence-electron chi connectivity index (χ2n) is 5.60. The number of carbonyl (C=O) groups excluding carboxylic acids is 2. The Morgan fingerprint density at radius 3 is 2.74 bits per heavy atom. The summed E-state index contributed by atoms with van der Waals surface area (Å²) in [4.78, 5) is 23.7. The number of unbranched alkanes of at least 4 members (excludes halogenated alkanes) is 2. The Kier molecular flexibility index (Phi) is 3.43. The Balaban J connectivity index is 2.10. The predicted octanol–water partition coefficient (Wildman–Crippen LogP) is 0.914. The van der Waals surface area contributed by atoms with E-state index in [1.165, 1.54) is 0 Å². The molecule has 5 heteroatoms. The van der Waals surface area contributed by atoms with Gasteiger partial charge in [-0.1, -0.05) is 12.5 Å². The fraction of sp³-hybridized carbons (Fsp3) is 0.714. The smallest absolute Gasteiger partial charge is 0.339 e. The third-order valence-electron chi connectivity index (χ3n) is 4.59. The highest BCUT2D eigenvalue weighted by molar-refractivity contribution is 6.01. The Labute approximate surface area is 113 Å². The van der Waals surface area contributed by atoms with E-state index >= 15 is 0 Å². The van der Waals surface area contributed by atoms with Crippen molar-refractivity contribution in [2.75, 3.05) is 0 Å². The lowest BCUT2D eigenvalue weighted by Gasteiger charge is -2.52. The SMILES string of the molecule is C=CCCCC[C@H](O)[C@@]12NC(=O)[C@H](C)[C@]1(C)OC2=O. The first-order chi connectivity index (χ1) is 8.90. The van der Waals surface area contributed by atoms with Gasteiger partial charge in [0.2, 0.25) is 11.4 Å². The minimum Gasteiger partial charge on any atom is -0.453 e. The maximum atomic E-state index is 11.8. The quantitative estimate of drug-likeness (QED) is 0.426. The number of aliphatic hydroxyl groups is 1. The maximum Gasteiger partial charge on any atom is 0.339 e. The molecule has 0 spiro atoms. The van der Waals surface area contributed by atoms with E-state index in [0.29, 0.717) is 6.42 Å². The normalized spacial score (nSPS) is 37.9. The highest BCUT2D eigenvalue weighted by atomic mass is 16.6. The second-order valence-corrected chi connectivity index (χ2v) is 5.60. The lowest BCUT2D eigenvalue weighted by Crippen LogP contribution is -2.78. The molecule has 2 saturated heterocycles. The van der Waals surface area contributed by atoms with E-state index in [4.69, 9.17) is 4.74 Å². The van der Waals surface area contributed by atoms with Gasteiger partial charge in [0.05, 0.1) is 12.0 Å². The first-order valence-electron chi connectivity index (χ1n) is 6.74. The van der Waals surface area contributed by atoms with Crippen LogP contribution in [-0.2, 0) is 14.3 Å². The van der Waals surface area contributed by atoms with E-state index in [2.05, 4.69) is 11.9 Å². The first kappa shape index (κ1) is 14.1. The molecule has 0 aromatic heterocycles. The number of fused-ring (bicyclic) bond motifs is 1. The Morgan fingerprint density at radius 1 is 1.53 bits per heavy atom. The van der Waals surface area contributed by atoms with Crippen LogP contribution in [0.25, 0.3) is 0 Å². The van der Waals surface area contributed by atoms with Crippen molar-refractivity contribution < 1.29 is 19.4 Å². The third kappa shape index (κ3) is 1.71. The summed E-state index contributed by atoms with van der Waals surface area (Å²) in [5, 5.41) is 13.0. The first-order valence-corrected chi connectivity index (χ1v) is 6.74. The molecule has 0 unspecified atom stereocenters. The molecule has 19 heavy (non-hydrogen) atoms. The number of amides is 1. The zero-order chi connectivity index (χ0) is 14.3. The predicted molar refractivity (Wildman–Crippen MR) is 69.2 cm³/mol. The Bertz CT molecular complexity index is 422. The minimum atomic E-state index is -1.25. The van der Waals surface area contributed by atoms with Crippen LogP contribution in [0.3, 0.4) is 0 Å². The van der Waals surface area contributed by atoms with Crippen LogP contribution in [0.4, 0.5) is 0 Å². The summed E-state index contributed by atoms with van der Waals surface area (Å²) in [5.41, 5.74) is -2.18. The van der Waals surface area contributed by atoms with Crippen LogP contribution in [0, 0.1) is 5.92 Å². The van der Waals surface area contributed by atoms with Crippen LogP contribution in [0.1, 0.15) is 39.5 Å². The molecule has 5 nitrogen and oxygen atoms in total. The van der Waals surface area contributed by atoms with Crippen LogP contribution in [0.2, 0.25) is 0 Å². The molecular formula is C14H21NO4. The summed E-state index contributed by atoms with van der Waals surface area (Å²) in [6.45, 7) is 7.07. The lowest BCUT2D eigenvalue weighted by atomic mass is 9.68. The van der Waals surface area contributed by atoms with Crippen LogP contribution < -0.4 is 5.32 Å². The molecule has 2 aliphatic heterocycles. The summed E-state index contributed by atoms with van der Waals surface area (Å²) < 4.78 is 5.19. The van der Waals surface area contributed by atoms with Gasteiger partial charge < -0.3 is 15.2 Å². The highest BCUT2D eigenvalue weighted by Crippen LogP contribution is 2.50. The molecule has 0 aromatic rings. The maximum absolute atomic E-state index is 11.8. The Morgan fingerprint density at radius 2 is 2.21 bits per heavy atom. The number of aliphatic hydroxyl groups excluding tert-OH is 1. The van der Waals surface area contributed by atoms with E-state index < -0.39 is 29.1 Å². The summed E-state index contributed by atoms with van der Waals surface area (Å²) in [6.07, 6.45) is 3.95. The molecule has 2 fully saturated rings. The molecule has 2 aliphatic rings. The lowest BCUT2D eigenvalue weighted by molar-refractivity contribution is -0.234. The summed E-state index contributed by atoms with van der Waals surface area (Å²) in [6, 6.07) is 0. The third-order valence-corrected chi connectivity index (χ3v) is 4.59. The van der Waals surface area contributed by atoms with Crippen LogP contribution in [-0.4, -0.2) is 34.2 Å². The van der Waals surface area contributed by atoms with Crippen molar-refractivity contribution in [2.24, 2.45) is 5.92 Å². The van der Waals surface area contributed by atoms with Gasteiger partial charge in [0.1, 0.15) is 0 Å². The van der Waals surface area contributed by atoms with Gasteiger partial charge in [-0.05, 0) is 33.1 Å². The minimum absolute atomic E-state index is 0.238.